The maximum atomic E-state index is 12.7. The Morgan fingerprint density at radius 1 is 1.04 bits per heavy atom. The van der Waals surface area contributed by atoms with E-state index in [-0.39, 0.29) is 30.0 Å². The Balaban J connectivity index is 0.00000208. The molecule has 2 aromatic carbocycles. The highest BCUT2D eigenvalue weighted by molar-refractivity contribution is 5.85. The molecule has 7 heteroatoms. The van der Waals surface area contributed by atoms with Gasteiger partial charge in [0.1, 0.15) is 6.10 Å². The zero-order valence-electron chi connectivity index (χ0n) is 12.9. The van der Waals surface area contributed by atoms with Crippen LogP contribution in [0.5, 0.6) is 11.5 Å². The molecule has 0 spiro atoms. The molecule has 1 fully saturated rings. The van der Waals surface area contributed by atoms with Gasteiger partial charge in [0, 0.05) is 13.1 Å². The Morgan fingerprint density at radius 3 is 2.33 bits per heavy atom. The Morgan fingerprint density at radius 2 is 1.75 bits per heavy atom. The summed E-state index contributed by atoms with van der Waals surface area (Å²) in [6.07, 6.45) is -4.89. The number of alkyl halides is 3. The SMILES string of the molecule is Cc1ccccc1-c1ccc(OC2CNC2)c(OC(F)(F)F)c1.Cl. The Kier molecular flexibility index (Phi) is 5.62. The van der Waals surface area contributed by atoms with E-state index in [9.17, 15) is 13.2 Å². The number of aryl methyl sites for hydroxylation is 1. The molecule has 1 heterocycles. The molecule has 3 nitrogen and oxygen atoms in total. The van der Waals surface area contributed by atoms with Crippen molar-refractivity contribution in [1.29, 1.82) is 0 Å². The highest BCUT2D eigenvalue weighted by Crippen LogP contribution is 2.37. The van der Waals surface area contributed by atoms with Crippen molar-refractivity contribution >= 4 is 12.4 Å². The molecule has 0 unspecified atom stereocenters. The van der Waals surface area contributed by atoms with Gasteiger partial charge in [-0.25, -0.2) is 0 Å². The lowest BCUT2D eigenvalue weighted by molar-refractivity contribution is -0.275. The molecule has 130 valence electrons. The monoisotopic (exact) mass is 359 g/mol. The quantitative estimate of drug-likeness (QED) is 0.881. The fourth-order valence-electron chi connectivity index (χ4n) is 2.40. The molecule has 0 amide bonds. The summed E-state index contributed by atoms with van der Waals surface area (Å²) in [5.74, 6) is -0.212. The van der Waals surface area contributed by atoms with Crippen molar-refractivity contribution in [2.75, 3.05) is 13.1 Å². The van der Waals surface area contributed by atoms with Gasteiger partial charge in [0.15, 0.2) is 11.5 Å². The summed E-state index contributed by atoms with van der Waals surface area (Å²) in [4.78, 5) is 0. The molecule has 0 saturated carbocycles. The van der Waals surface area contributed by atoms with E-state index in [1.807, 2.05) is 31.2 Å². The van der Waals surface area contributed by atoms with Gasteiger partial charge in [-0.1, -0.05) is 30.3 Å². The number of rotatable bonds is 4. The normalized spacial score (nSPS) is 14.5. The molecule has 1 aliphatic rings. The van der Waals surface area contributed by atoms with Gasteiger partial charge in [-0.2, -0.15) is 0 Å². The van der Waals surface area contributed by atoms with Gasteiger partial charge >= 0.3 is 6.36 Å². The molecule has 0 atom stereocenters. The van der Waals surface area contributed by atoms with Gasteiger partial charge in [-0.3, -0.25) is 0 Å². The lowest BCUT2D eigenvalue weighted by atomic mass is 10.0. The van der Waals surface area contributed by atoms with Gasteiger partial charge in [-0.15, -0.1) is 25.6 Å². The van der Waals surface area contributed by atoms with Gasteiger partial charge in [-0.05, 0) is 35.7 Å². The topological polar surface area (TPSA) is 30.5 Å². The van der Waals surface area contributed by atoms with Crippen LogP contribution < -0.4 is 14.8 Å². The summed E-state index contributed by atoms with van der Waals surface area (Å²) in [5, 5.41) is 3.01. The van der Waals surface area contributed by atoms with Crippen LogP contribution in [0.25, 0.3) is 11.1 Å². The van der Waals surface area contributed by atoms with E-state index in [1.54, 1.807) is 6.07 Å². The molecule has 3 rings (SSSR count). The molecule has 1 N–H and O–H groups in total. The second kappa shape index (κ2) is 7.32. The predicted molar refractivity (Wildman–Crippen MR) is 87.8 cm³/mol. The van der Waals surface area contributed by atoms with E-state index in [0.29, 0.717) is 18.7 Å². The summed E-state index contributed by atoms with van der Waals surface area (Å²) in [6, 6.07) is 12.1. The zero-order chi connectivity index (χ0) is 16.4. The average molecular weight is 360 g/mol. The summed E-state index contributed by atoms with van der Waals surface area (Å²) in [7, 11) is 0. The Hall–Kier alpha value is -1.92. The van der Waals surface area contributed by atoms with Crippen LogP contribution in [0.15, 0.2) is 42.5 Å². The molecule has 24 heavy (non-hydrogen) atoms. The van der Waals surface area contributed by atoms with E-state index in [0.717, 1.165) is 11.1 Å². The van der Waals surface area contributed by atoms with Gasteiger partial charge < -0.3 is 14.8 Å². The van der Waals surface area contributed by atoms with E-state index in [4.69, 9.17) is 4.74 Å². The molecular formula is C17H17ClF3NO2. The predicted octanol–water partition coefficient (Wildman–Crippen LogP) is 4.33. The van der Waals surface area contributed by atoms with Crippen LogP contribution in [0.1, 0.15) is 5.56 Å². The maximum absolute atomic E-state index is 12.7. The number of hydrogen-bond donors (Lipinski definition) is 1. The fraction of sp³-hybridized carbons (Fsp3) is 0.294. The fourth-order valence-corrected chi connectivity index (χ4v) is 2.40. The number of hydrogen-bond acceptors (Lipinski definition) is 3. The first kappa shape index (κ1) is 18.4. The lowest BCUT2D eigenvalue weighted by Crippen LogP contribution is -2.50. The third-order valence-corrected chi connectivity index (χ3v) is 3.66. The Bertz CT molecular complexity index is 702. The van der Waals surface area contributed by atoms with E-state index < -0.39 is 6.36 Å². The Labute approximate surface area is 144 Å². The summed E-state index contributed by atoms with van der Waals surface area (Å²) < 4.78 is 47.8. The second-order valence-corrected chi connectivity index (χ2v) is 5.42. The maximum Gasteiger partial charge on any atom is 0.573 e. The summed E-state index contributed by atoms with van der Waals surface area (Å²) in [5.41, 5.74) is 2.49. The van der Waals surface area contributed by atoms with Crippen molar-refractivity contribution in [1.82, 2.24) is 5.32 Å². The summed E-state index contributed by atoms with van der Waals surface area (Å²) in [6.45, 7) is 3.14. The van der Waals surface area contributed by atoms with E-state index in [2.05, 4.69) is 10.1 Å². The molecule has 0 bridgehead atoms. The van der Waals surface area contributed by atoms with Gasteiger partial charge in [0.05, 0.1) is 0 Å². The smallest absolute Gasteiger partial charge is 0.484 e. The highest BCUT2D eigenvalue weighted by atomic mass is 35.5. The third-order valence-electron chi connectivity index (χ3n) is 3.66. The molecule has 0 aliphatic carbocycles. The number of halogens is 4. The van der Waals surface area contributed by atoms with Gasteiger partial charge in [0.25, 0.3) is 0 Å². The lowest BCUT2D eigenvalue weighted by Gasteiger charge is -2.28. The third kappa shape index (κ3) is 4.33. The van der Waals surface area contributed by atoms with Crippen LogP contribution in [-0.4, -0.2) is 25.6 Å². The van der Waals surface area contributed by atoms with E-state index in [1.165, 1.54) is 12.1 Å². The van der Waals surface area contributed by atoms with Crippen LogP contribution in [0.4, 0.5) is 13.2 Å². The first-order valence-electron chi connectivity index (χ1n) is 7.25. The largest absolute Gasteiger partial charge is 0.573 e. The van der Waals surface area contributed by atoms with Crippen molar-refractivity contribution in [3.05, 3.63) is 48.0 Å². The zero-order valence-corrected chi connectivity index (χ0v) is 13.7. The molecule has 1 aliphatic heterocycles. The van der Waals surface area contributed by atoms with Gasteiger partial charge in [0.2, 0.25) is 0 Å². The standard InChI is InChI=1S/C17H16F3NO2.ClH/c1-11-4-2-3-5-14(11)12-6-7-15(22-13-9-21-10-13)16(8-12)23-17(18,19)20;/h2-8,13,21H,9-10H2,1H3;1H. The minimum Gasteiger partial charge on any atom is -0.484 e. The highest BCUT2D eigenvalue weighted by Gasteiger charge is 2.33. The van der Waals surface area contributed by atoms with Crippen LogP contribution >= 0.6 is 12.4 Å². The molecule has 2 aromatic rings. The first-order chi connectivity index (χ1) is 10.9. The number of nitrogens with one attached hydrogen (secondary N) is 1. The second-order valence-electron chi connectivity index (χ2n) is 5.42. The van der Waals surface area contributed by atoms with Crippen LogP contribution in [0.3, 0.4) is 0 Å². The molecule has 0 radical (unpaired) electrons. The average Bonchev–Trinajstić information content (AvgIpc) is 2.43. The number of ether oxygens (including phenoxy) is 2. The van der Waals surface area contributed by atoms with Crippen LogP contribution in [0.2, 0.25) is 0 Å². The van der Waals surface area contributed by atoms with Crippen molar-refractivity contribution in [3.63, 3.8) is 0 Å². The van der Waals surface area contributed by atoms with Crippen molar-refractivity contribution in [3.8, 4) is 22.6 Å². The first-order valence-corrected chi connectivity index (χ1v) is 7.25. The minimum absolute atomic E-state index is 0. The minimum atomic E-state index is -4.76. The van der Waals surface area contributed by atoms with Crippen LogP contribution in [-0.2, 0) is 0 Å². The van der Waals surface area contributed by atoms with Crippen LogP contribution in [0, 0.1) is 6.92 Å². The molecule has 0 aromatic heterocycles. The molecular weight excluding hydrogens is 343 g/mol. The van der Waals surface area contributed by atoms with E-state index >= 15 is 0 Å². The van der Waals surface area contributed by atoms with Crippen molar-refractivity contribution in [2.45, 2.75) is 19.4 Å². The summed E-state index contributed by atoms with van der Waals surface area (Å²) >= 11 is 0. The van der Waals surface area contributed by atoms with Crippen molar-refractivity contribution in [2.24, 2.45) is 0 Å². The van der Waals surface area contributed by atoms with Crippen molar-refractivity contribution < 1.29 is 22.6 Å². The number of benzene rings is 2. The molecule has 1 saturated heterocycles.